The fourth-order valence-electron chi connectivity index (χ4n) is 2.36. The van der Waals surface area contributed by atoms with E-state index in [-0.39, 0.29) is 4.90 Å². The zero-order valence-corrected chi connectivity index (χ0v) is 12.9. The van der Waals surface area contributed by atoms with Crippen LogP contribution in [0.2, 0.25) is 0 Å². The normalized spacial score (nSPS) is 16.9. The summed E-state index contributed by atoms with van der Waals surface area (Å²) in [5.74, 6) is 0. The number of morpholine rings is 1. The molecule has 1 heterocycles. The maximum atomic E-state index is 11.6. The van der Waals surface area contributed by atoms with Crippen LogP contribution < -0.4 is 16.2 Å². The summed E-state index contributed by atoms with van der Waals surface area (Å²) in [6.45, 7) is 6.63. The summed E-state index contributed by atoms with van der Waals surface area (Å²) in [5.41, 5.74) is 7.42. The highest BCUT2D eigenvalue weighted by atomic mass is 32.2. The van der Waals surface area contributed by atoms with E-state index in [2.05, 4.69) is 10.2 Å². The van der Waals surface area contributed by atoms with Gasteiger partial charge in [0.25, 0.3) is 0 Å². The van der Waals surface area contributed by atoms with E-state index >= 15 is 0 Å². The third kappa shape index (κ3) is 4.31. The quantitative estimate of drug-likeness (QED) is 0.658. The van der Waals surface area contributed by atoms with Crippen LogP contribution in [0.25, 0.3) is 0 Å². The van der Waals surface area contributed by atoms with Gasteiger partial charge in [0, 0.05) is 37.6 Å². The molecule has 1 saturated heterocycles. The van der Waals surface area contributed by atoms with Crippen LogP contribution in [-0.4, -0.2) is 52.7 Å². The first-order valence-electron chi connectivity index (χ1n) is 6.85. The molecule has 1 fully saturated rings. The lowest BCUT2D eigenvalue weighted by Crippen LogP contribution is -2.39. The molecular formula is C13H22N4O3S. The Kier molecular flexibility index (Phi) is 5.04. The highest BCUT2D eigenvalue weighted by molar-refractivity contribution is 7.89. The number of hydrogen-bond donors (Lipinski definition) is 3. The monoisotopic (exact) mass is 314 g/mol. The number of benzene rings is 1. The predicted molar refractivity (Wildman–Crippen MR) is 82.7 cm³/mol. The number of nitrogens with one attached hydrogen (secondary N) is 1. The fourth-order valence-corrected chi connectivity index (χ4v) is 3.20. The van der Waals surface area contributed by atoms with Crippen molar-refractivity contribution in [1.82, 2.24) is 4.90 Å². The van der Waals surface area contributed by atoms with Gasteiger partial charge in [-0.15, -0.1) is 0 Å². The second-order valence-corrected chi connectivity index (χ2v) is 6.65. The Bertz CT molecular complexity index is 598. The molecule has 0 bridgehead atoms. The number of nitrogens with two attached hydrogens (primary N) is 2. The molecule has 1 aromatic carbocycles. The minimum atomic E-state index is -3.77. The zero-order chi connectivity index (χ0) is 15.5. The van der Waals surface area contributed by atoms with E-state index < -0.39 is 10.0 Å². The fraction of sp³-hybridized carbons (Fsp3) is 0.538. The summed E-state index contributed by atoms with van der Waals surface area (Å²) in [4.78, 5) is 2.36. The van der Waals surface area contributed by atoms with Gasteiger partial charge in [0.15, 0.2) is 0 Å². The van der Waals surface area contributed by atoms with Crippen LogP contribution in [0.15, 0.2) is 17.0 Å². The number of rotatable bonds is 5. The van der Waals surface area contributed by atoms with E-state index in [9.17, 15) is 8.42 Å². The second-order valence-electron chi connectivity index (χ2n) is 5.12. The van der Waals surface area contributed by atoms with E-state index in [1.807, 2.05) is 0 Å². The average Bonchev–Trinajstić information content (AvgIpc) is 2.42. The third-order valence-electron chi connectivity index (χ3n) is 3.54. The molecule has 118 valence electrons. The summed E-state index contributed by atoms with van der Waals surface area (Å²) in [5, 5.41) is 8.44. The first-order chi connectivity index (χ1) is 9.88. The van der Waals surface area contributed by atoms with Gasteiger partial charge >= 0.3 is 0 Å². The number of sulfonamides is 1. The van der Waals surface area contributed by atoms with Crippen LogP contribution in [0.3, 0.4) is 0 Å². The van der Waals surface area contributed by atoms with Crippen LogP contribution >= 0.6 is 0 Å². The molecule has 0 unspecified atom stereocenters. The number of hydrogen-bond acceptors (Lipinski definition) is 6. The number of nitrogen functional groups attached to an aromatic ring is 1. The average molecular weight is 314 g/mol. The van der Waals surface area contributed by atoms with E-state index in [0.717, 1.165) is 32.8 Å². The molecular weight excluding hydrogens is 292 g/mol. The van der Waals surface area contributed by atoms with Crippen LogP contribution in [0.4, 0.5) is 11.4 Å². The van der Waals surface area contributed by atoms with Gasteiger partial charge in [-0.25, -0.2) is 13.6 Å². The van der Waals surface area contributed by atoms with Crippen LogP contribution in [0.5, 0.6) is 0 Å². The van der Waals surface area contributed by atoms with Gasteiger partial charge in [0.2, 0.25) is 10.0 Å². The van der Waals surface area contributed by atoms with Crippen molar-refractivity contribution in [1.29, 1.82) is 0 Å². The third-order valence-corrected chi connectivity index (χ3v) is 4.57. The van der Waals surface area contributed by atoms with E-state index in [0.29, 0.717) is 23.5 Å². The first kappa shape index (κ1) is 16.0. The summed E-state index contributed by atoms with van der Waals surface area (Å²) >= 11 is 0. The Balaban J connectivity index is 2.04. The molecule has 2 rings (SSSR count). The molecule has 1 aromatic rings. The van der Waals surface area contributed by atoms with Gasteiger partial charge in [-0.05, 0) is 24.6 Å². The molecule has 5 N–H and O–H groups in total. The number of nitrogens with zero attached hydrogens (tertiary/aromatic N) is 1. The minimum Gasteiger partial charge on any atom is -0.399 e. The van der Waals surface area contributed by atoms with Crippen molar-refractivity contribution in [2.45, 2.75) is 11.8 Å². The first-order valence-corrected chi connectivity index (χ1v) is 8.39. The van der Waals surface area contributed by atoms with Gasteiger partial charge in [0.05, 0.1) is 18.1 Å². The molecule has 8 heteroatoms. The highest BCUT2D eigenvalue weighted by Crippen LogP contribution is 2.25. The summed E-state index contributed by atoms with van der Waals surface area (Å²) in [7, 11) is -3.77. The Morgan fingerprint density at radius 1 is 1.33 bits per heavy atom. The largest absolute Gasteiger partial charge is 0.399 e. The van der Waals surface area contributed by atoms with Gasteiger partial charge in [0.1, 0.15) is 0 Å². The second kappa shape index (κ2) is 6.61. The predicted octanol–water partition coefficient (Wildman–Crippen LogP) is -0.0313. The molecule has 0 saturated carbocycles. The topological polar surface area (TPSA) is 111 Å². The Labute approximate surface area is 125 Å². The van der Waals surface area contributed by atoms with Gasteiger partial charge in [-0.1, -0.05) is 0 Å². The minimum absolute atomic E-state index is 0.0661. The molecule has 0 spiro atoms. The van der Waals surface area contributed by atoms with Crippen molar-refractivity contribution < 1.29 is 13.2 Å². The van der Waals surface area contributed by atoms with Crippen molar-refractivity contribution in [2.24, 2.45) is 5.14 Å². The van der Waals surface area contributed by atoms with Crippen LogP contribution in [-0.2, 0) is 14.8 Å². The van der Waals surface area contributed by atoms with Crippen LogP contribution in [0.1, 0.15) is 5.56 Å². The van der Waals surface area contributed by atoms with Gasteiger partial charge in [-0.2, -0.15) is 0 Å². The molecule has 0 amide bonds. The number of primary sulfonamides is 1. The number of ether oxygens (including phenoxy) is 1. The lowest BCUT2D eigenvalue weighted by molar-refractivity contribution is 0.0398. The van der Waals surface area contributed by atoms with Crippen molar-refractivity contribution in [3.05, 3.63) is 17.7 Å². The van der Waals surface area contributed by atoms with E-state index in [1.165, 1.54) is 6.07 Å². The number of anilines is 2. The summed E-state index contributed by atoms with van der Waals surface area (Å²) in [6, 6.07) is 3.11. The Hall–Kier alpha value is -1.35. The van der Waals surface area contributed by atoms with Gasteiger partial charge in [-0.3, -0.25) is 4.90 Å². The summed E-state index contributed by atoms with van der Waals surface area (Å²) in [6.07, 6.45) is 0. The van der Waals surface area contributed by atoms with Crippen molar-refractivity contribution >= 4 is 21.4 Å². The zero-order valence-electron chi connectivity index (χ0n) is 12.1. The lowest BCUT2D eigenvalue weighted by Gasteiger charge is -2.26. The molecule has 1 aliphatic heterocycles. The van der Waals surface area contributed by atoms with Crippen molar-refractivity contribution in [2.75, 3.05) is 50.4 Å². The highest BCUT2D eigenvalue weighted by Gasteiger charge is 2.16. The molecule has 0 atom stereocenters. The molecule has 0 aromatic heterocycles. The maximum Gasteiger partial charge on any atom is 0.238 e. The molecule has 1 aliphatic rings. The molecule has 0 aliphatic carbocycles. The Morgan fingerprint density at radius 3 is 2.62 bits per heavy atom. The van der Waals surface area contributed by atoms with Crippen molar-refractivity contribution in [3.8, 4) is 0 Å². The van der Waals surface area contributed by atoms with E-state index in [1.54, 1.807) is 13.0 Å². The van der Waals surface area contributed by atoms with Gasteiger partial charge < -0.3 is 15.8 Å². The molecule has 0 radical (unpaired) electrons. The summed E-state index contributed by atoms with van der Waals surface area (Å²) < 4.78 is 28.4. The Morgan fingerprint density at radius 2 is 2.00 bits per heavy atom. The van der Waals surface area contributed by atoms with E-state index in [4.69, 9.17) is 15.6 Å². The van der Waals surface area contributed by atoms with Crippen molar-refractivity contribution in [3.63, 3.8) is 0 Å². The lowest BCUT2D eigenvalue weighted by atomic mass is 10.2. The SMILES string of the molecule is Cc1c(NCCN2CCOCC2)cc(N)cc1S(N)(=O)=O. The standard InChI is InChI=1S/C13H22N4O3S/c1-10-12(8-11(14)9-13(10)21(15,18)19)16-2-3-17-4-6-20-7-5-17/h8-9,16H,2-7,14H2,1H3,(H2,15,18,19). The maximum absolute atomic E-state index is 11.6. The molecule has 21 heavy (non-hydrogen) atoms. The van der Waals surface area contributed by atoms with Crippen LogP contribution in [0, 0.1) is 6.92 Å². The smallest absolute Gasteiger partial charge is 0.238 e. The molecule has 7 nitrogen and oxygen atoms in total.